The zero-order valence-corrected chi connectivity index (χ0v) is 12.1. The average molecular weight is 291 g/mol. The Balaban J connectivity index is 1.46. The first-order valence-electron chi connectivity index (χ1n) is 6.29. The molecule has 0 bridgehead atoms. The number of anilines is 1. The van der Waals surface area contributed by atoms with E-state index in [9.17, 15) is 0 Å². The van der Waals surface area contributed by atoms with Gasteiger partial charge in [0.05, 0.1) is 29.1 Å². The number of hydrogen-bond acceptors (Lipinski definition) is 6. The van der Waals surface area contributed by atoms with Crippen LogP contribution in [0.25, 0.3) is 4.96 Å². The molecule has 0 atom stereocenters. The third-order valence-corrected chi connectivity index (χ3v) is 5.02. The van der Waals surface area contributed by atoms with Gasteiger partial charge in [0.1, 0.15) is 0 Å². The van der Waals surface area contributed by atoms with E-state index in [2.05, 4.69) is 25.8 Å². The van der Waals surface area contributed by atoms with Crippen LogP contribution < -0.4 is 5.32 Å². The van der Waals surface area contributed by atoms with Gasteiger partial charge in [0.15, 0.2) is 0 Å². The number of aromatic nitrogens is 4. The molecule has 3 aromatic rings. The Kier molecular flexibility index (Phi) is 2.56. The summed E-state index contributed by atoms with van der Waals surface area (Å²) in [6, 6.07) is 0. The lowest BCUT2D eigenvalue weighted by atomic mass is 10.4. The van der Waals surface area contributed by atoms with Gasteiger partial charge in [-0.3, -0.25) is 0 Å². The molecule has 1 aliphatic carbocycles. The van der Waals surface area contributed by atoms with Crippen molar-refractivity contribution < 1.29 is 0 Å². The monoisotopic (exact) mass is 291 g/mol. The molecule has 3 heterocycles. The van der Waals surface area contributed by atoms with Crippen LogP contribution in [0.3, 0.4) is 0 Å². The second kappa shape index (κ2) is 4.28. The maximum absolute atomic E-state index is 4.65. The Labute approximate surface area is 118 Å². The molecule has 0 unspecified atom stereocenters. The number of thiazole rings is 1. The number of nitrogens with zero attached hydrogens (tertiary/aromatic N) is 4. The third-order valence-electron chi connectivity index (χ3n) is 3.08. The van der Waals surface area contributed by atoms with Crippen molar-refractivity contribution in [2.24, 2.45) is 0 Å². The van der Waals surface area contributed by atoms with Crippen LogP contribution in [0.2, 0.25) is 0 Å². The van der Waals surface area contributed by atoms with Crippen molar-refractivity contribution in [3.05, 3.63) is 28.0 Å². The van der Waals surface area contributed by atoms with E-state index in [-0.39, 0.29) is 0 Å². The lowest BCUT2D eigenvalue weighted by molar-refractivity contribution is 0.947. The highest BCUT2D eigenvalue weighted by molar-refractivity contribution is 7.20. The molecule has 1 saturated carbocycles. The largest absolute Gasteiger partial charge is 0.354 e. The van der Waals surface area contributed by atoms with E-state index in [4.69, 9.17) is 0 Å². The van der Waals surface area contributed by atoms with Crippen molar-refractivity contribution in [1.29, 1.82) is 0 Å². The zero-order chi connectivity index (χ0) is 12.8. The molecule has 1 fully saturated rings. The van der Waals surface area contributed by atoms with Crippen molar-refractivity contribution >= 4 is 32.8 Å². The van der Waals surface area contributed by atoms with Crippen molar-refractivity contribution in [3.8, 4) is 0 Å². The zero-order valence-electron chi connectivity index (χ0n) is 10.5. The van der Waals surface area contributed by atoms with Gasteiger partial charge in [0.25, 0.3) is 0 Å². The molecule has 0 saturated heterocycles. The lowest BCUT2D eigenvalue weighted by Crippen LogP contribution is -2.00. The predicted octanol–water partition coefficient (Wildman–Crippen LogP) is 3.05. The first-order valence-corrected chi connectivity index (χ1v) is 7.98. The van der Waals surface area contributed by atoms with Gasteiger partial charge in [0.2, 0.25) is 10.1 Å². The van der Waals surface area contributed by atoms with Crippen LogP contribution in [0.1, 0.15) is 35.2 Å². The van der Waals surface area contributed by atoms with E-state index >= 15 is 0 Å². The summed E-state index contributed by atoms with van der Waals surface area (Å²) in [4.78, 5) is 9.97. The van der Waals surface area contributed by atoms with Crippen molar-refractivity contribution in [1.82, 2.24) is 19.6 Å². The van der Waals surface area contributed by atoms with Crippen LogP contribution in [0.4, 0.5) is 5.13 Å². The number of hydrogen-bond donors (Lipinski definition) is 1. The second-order valence-corrected chi connectivity index (χ2v) is 6.67. The molecule has 0 aromatic carbocycles. The van der Waals surface area contributed by atoms with Crippen LogP contribution in [0.5, 0.6) is 0 Å². The fraction of sp³-hybridized carbons (Fsp3) is 0.417. The van der Waals surface area contributed by atoms with E-state index in [1.165, 1.54) is 17.8 Å². The van der Waals surface area contributed by atoms with Gasteiger partial charge in [-0.05, 0) is 19.8 Å². The molecule has 1 N–H and O–H groups in total. The van der Waals surface area contributed by atoms with E-state index in [1.54, 1.807) is 22.7 Å². The Morgan fingerprint density at radius 1 is 1.42 bits per heavy atom. The highest BCUT2D eigenvalue weighted by Gasteiger charge is 2.26. The highest BCUT2D eigenvalue weighted by atomic mass is 32.1. The minimum absolute atomic E-state index is 0.735. The summed E-state index contributed by atoms with van der Waals surface area (Å²) in [5, 5.41) is 12.1. The molecular formula is C12H13N5S2. The molecule has 0 amide bonds. The smallest absolute Gasteiger partial charge is 0.214 e. The standard InChI is InChI=1S/C12H13N5S2/c1-7-5-17-12(14-7)19-11(16-17)13-4-9-6-18-10(15-9)8-2-3-8/h5-6,8H,2-4H2,1H3,(H,13,16). The van der Waals surface area contributed by atoms with Gasteiger partial charge in [0, 0.05) is 11.3 Å². The first kappa shape index (κ1) is 11.4. The van der Waals surface area contributed by atoms with Crippen LogP contribution in [0, 0.1) is 6.92 Å². The number of imidazole rings is 1. The Morgan fingerprint density at radius 2 is 2.32 bits per heavy atom. The third kappa shape index (κ3) is 2.23. The quantitative estimate of drug-likeness (QED) is 0.802. The van der Waals surface area contributed by atoms with E-state index in [0.717, 1.165) is 33.9 Å². The maximum atomic E-state index is 4.65. The molecule has 7 heteroatoms. The summed E-state index contributed by atoms with van der Waals surface area (Å²) in [5.74, 6) is 0.741. The van der Waals surface area contributed by atoms with Gasteiger partial charge >= 0.3 is 0 Å². The van der Waals surface area contributed by atoms with Crippen molar-refractivity contribution in [2.45, 2.75) is 32.2 Å². The Hall–Kier alpha value is -1.47. The molecule has 98 valence electrons. The normalized spacial score (nSPS) is 15.2. The number of rotatable bonds is 4. The summed E-state index contributed by atoms with van der Waals surface area (Å²) in [5.41, 5.74) is 2.11. The topological polar surface area (TPSA) is 55.1 Å². The predicted molar refractivity (Wildman–Crippen MR) is 77.0 cm³/mol. The molecule has 3 aromatic heterocycles. The van der Waals surface area contributed by atoms with Crippen LogP contribution >= 0.6 is 22.7 Å². The summed E-state index contributed by atoms with van der Waals surface area (Å²) >= 11 is 3.35. The molecule has 0 radical (unpaired) electrons. The molecule has 1 aliphatic rings. The summed E-state index contributed by atoms with van der Waals surface area (Å²) < 4.78 is 1.82. The lowest BCUT2D eigenvalue weighted by Gasteiger charge is -1.97. The highest BCUT2D eigenvalue weighted by Crippen LogP contribution is 2.41. The van der Waals surface area contributed by atoms with Crippen LogP contribution in [-0.2, 0) is 6.54 Å². The van der Waals surface area contributed by atoms with E-state index < -0.39 is 0 Å². The average Bonchev–Trinajstić information content (AvgIpc) is 2.85. The summed E-state index contributed by atoms with van der Waals surface area (Å²) in [6.45, 7) is 2.71. The maximum Gasteiger partial charge on any atom is 0.214 e. The van der Waals surface area contributed by atoms with Gasteiger partial charge in [-0.2, -0.15) is 0 Å². The van der Waals surface area contributed by atoms with Crippen molar-refractivity contribution in [3.63, 3.8) is 0 Å². The van der Waals surface area contributed by atoms with Gasteiger partial charge in [-0.1, -0.05) is 11.3 Å². The fourth-order valence-corrected chi connectivity index (χ4v) is 3.78. The molecule has 19 heavy (non-hydrogen) atoms. The number of nitrogens with one attached hydrogen (secondary N) is 1. The van der Waals surface area contributed by atoms with Gasteiger partial charge in [-0.15, -0.1) is 16.4 Å². The first-order chi connectivity index (χ1) is 9.28. The van der Waals surface area contributed by atoms with E-state index in [0.29, 0.717) is 0 Å². The van der Waals surface area contributed by atoms with Crippen molar-refractivity contribution in [2.75, 3.05) is 5.32 Å². The van der Waals surface area contributed by atoms with Crippen LogP contribution in [0.15, 0.2) is 11.6 Å². The number of aryl methyl sites for hydroxylation is 1. The Morgan fingerprint density at radius 3 is 3.11 bits per heavy atom. The molecule has 5 nitrogen and oxygen atoms in total. The summed E-state index contributed by atoms with van der Waals surface area (Å²) in [6.07, 6.45) is 4.55. The molecule has 4 rings (SSSR count). The Bertz CT molecular complexity index is 690. The minimum atomic E-state index is 0.735. The van der Waals surface area contributed by atoms with Crippen LogP contribution in [-0.4, -0.2) is 19.6 Å². The second-order valence-electron chi connectivity index (χ2n) is 4.82. The van der Waals surface area contributed by atoms with Gasteiger partial charge < -0.3 is 5.32 Å². The number of fused-ring (bicyclic) bond motifs is 1. The van der Waals surface area contributed by atoms with Gasteiger partial charge in [-0.25, -0.2) is 14.5 Å². The molecule has 0 spiro atoms. The van der Waals surface area contributed by atoms with E-state index in [1.807, 2.05) is 17.6 Å². The fourth-order valence-electron chi connectivity index (χ4n) is 1.97. The minimum Gasteiger partial charge on any atom is -0.354 e. The molecule has 0 aliphatic heterocycles. The molecular weight excluding hydrogens is 278 g/mol. The SMILES string of the molecule is Cc1cn2nc(NCc3csc(C4CC4)n3)sc2n1. The summed E-state index contributed by atoms with van der Waals surface area (Å²) in [7, 11) is 0.